The van der Waals surface area contributed by atoms with Crippen molar-refractivity contribution in [2.75, 3.05) is 26.2 Å². The lowest BCUT2D eigenvalue weighted by Crippen LogP contribution is -2.57. The normalized spacial score (nSPS) is 18.2. The number of carbonyl (C=O) groups is 3. The maximum Gasteiger partial charge on any atom is 0.327 e. The largest absolute Gasteiger partial charge is 0.480 e. The minimum absolute atomic E-state index is 0.00299. The first kappa shape index (κ1) is 31.0. The molecule has 5 N–H and O–H groups in total. The highest BCUT2D eigenvalue weighted by Gasteiger charge is 2.32. The van der Waals surface area contributed by atoms with Crippen LogP contribution in [0, 0.1) is 11.5 Å². The number of benzene rings is 1. The number of fused-ring (bicyclic) bond motifs is 1. The van der Waals surface area contributed by atoms with Gasteiger partial charge in [-0.15, -0.1) is 0 Å². The molecular weight excluding hydrogens is 589 g/mol. The number of amides is 2. The summed E-state index contributed by atoms with van der Waals surface area (Å²) < 4.78 is 5.50. The van der Waals surface area contributed by atoms with Gasteiger partial charge in [0.05, 0.1) is 21.7 Å². The molecule has 13 nitrogen and oxygen atoms in total. The molecule has 2 aromatic rings. The summed E-state index contributed by atoms with van der Waals surface area (Å²) in [5.74, 6) is -2.07. The number of nitrogens with one attached hydrogen (secondary N) is 3. The number of rotatable bonds is 11. The number of allylic oxidation sites excluding steroid dienone is 1. The van der Waals surface area contributed by atoms with E-state index in [1.165, 1.54) is 18.4 Å². The number of aliphatic hydroxyl groups is 1. The third kappa shape index (κ3) is 7.10. The molecule has 15 heteroatoms. The van der Waals surface area contributed by atoms with E-state index in [9.17, 15) is 24.6 Å². The number of hydrogen-bond acceptors (Lipinski definition) is 10. The van der Waals surface area contributed by atoms with Gasteiger partial charge < -0.3 is 24.8 Å². The Morgan fingerprint density at radius 1 is 1.31 bits per heavy atom. The van der Waals surface area contributed by atoms with Crippen molar-refractivity contribution >= 4 is 53.1 Å². The van der Waals surface area contributed by atoms with Gasteiger partial charge in [-0.1, -0.05) is 35.9 Å². The van der Waals surface area contributed by atoms with Crippen molar-refractivity contribution in [3.63, 3.8) is 0 Å². The molecule has 0 aliphatic carbocycles. The van der Waals surface area contributed by atoms with Crippen LogP contribution >= 0.6 is 23.2 Å². The number of nitriles is 1. The van der Waals surface area contributed by atoms with Crippen LogP contribution in [0.4, 0.5) is 5.88 Å². The Labute approximate surface area is 251 Å². The number of furan rings is 1. The molecule has 0 spiro atoms. The molecule has 1 fully saturated rings. The fourth-order valence-electron chi connectivity index (χ4n) is 4.82. The fraction of sp³-hybridized carbons (Fsp3) is 0.370. The van der Waals surface area contributed by atoms with E-state index in [1.807, 2.05) is 0 Å². The van der Waals surface area contributed by atoms with Gasteiger partial charge in [-0.05, 0) is 36.1 Å². The van der Waals surface area contributed by atoms with Crippen LogP contribution in [0.5, 0.6) is 0 Å². The Hall–Kier alpha value is -3.93. The van der Waals surface area contributed by atoms with E-state index in [0.29, 0.717) is 43.6 Å². The summed E-state index contributed by atoms with van der Waals surface area (Å²) >= 11 is 13.1. The number of carboxylic acids is 1. The van der Waals surface area contributed by atoms with Crippen molar-refractivity contribution in [3.05, 3.63) is 63.3 Å². The molecule has 2 aliphatic heterocycles. The highest BCUT2D eigenvalue weighted by atomic mass is 35.5. The number of halogens is 2. The number of aliphatic hydroxyl groups excluding tert-OH is 1. The van der Waals surface area contributed by atoms with Gasteiger partial charge >= 0.3 is 5.97 Å². The molecule has 0 saturated carbocycles. The number of aliphatic imine (C=N–C) groups is 1. The van der Waals surface area contributed by atoms with E-state index in [-0.39, 0.29) is 46.2 Å². The number of likely N-dealkylation sites (tertiary alicyclic amines) is 1. The second-order valence-electron chi connectivity index (χ2n) is 9.68. The predicted octanol–water partition coefficient (Wildman–Crippen LogP) is 1.87. The molecule has 2 amide bonds. The van der Waals surface area contributed by atoms with Crippen LogP contribution < -0.4 is 16.0 Å². The molecule has 222 valence electrons. The van der Waals surface area contributed by atoms with Crippen LogP contribution in [-0.4, -0.2) is 88.6 Å². The van der Waals surface area contributed by atoms with Gasteiger partial charge in [0, 0.05) is 45.0 Å². The molecule has 3 heterocycles. The third-order valence-corrected chi connectivity index (χ3v) is 7.62. The van der Waals surface area contributed by atoms with Crippen molar-refractivity contribution in [3.8, 4) is 6.19 Å². The highest BCUT2D eigenvalue weighted by Crippen LogP contribution is 2.35. The molecule has 2 aliphatic rings. The zero-order valence-electron chi connectivity index (χ0n) is 22.3. The molecule has 1 aromatic heterocycles. The Bertz CT molecular complexity index is 1440. The smallest absolute Gasteiger partial charge is 0.327 e. The topological polar surface area (TPSA) is 184 Å². The first-order valence-corrected chi connectivity index (χ1v) is 13.8. The Kier molecular flexibility index (Phi) is 10.2. The lowest BCUT2D eigenvalue weighted by Gasteiger charge is -2.30. The summed E-state index contributed by atoms with van der Waals surface area (Å²) in [5, 5.41) is 36.6. The van der Waals surface area contributed by atoms with Crippen molar-refractivity contribution < 1.29 is 29.0 Å². The molecule has 3 atom stereocenters. The lowest BCUT2D eigenvalue weighted by molar-refractivity contribution is -0.139. The number of hydrogen-bond donors (Lipinski definition) is 5. The predicted molar refractivity (Wildman–Crippen MR) is 154 cm³/mol. The molecule has 0 bridgehead atoms. The van der Waals surface area contributed by atoms with Crippen LogP contribution in [0.2, 0.25) is 10.0 Å². The van der Waals surface area contributed by atoms with Crippen molar-refractivity contribution in [2.45, 2.75) is 37.8 Å². The summed E-state index contributed by atoms with van der Waals surface area (Å²) in [7, 11) is 0. The molecule has 0 radical (unpaired) electrons. The minimum Gasteiger partial charge on any atom is -0.480 e. The Balaban J connectivity index is 1.45. The maximum absolute atomic E-state index is 13.2. The van der Waals surface area contributed by atoms with E-state index in [1.54, 1.807) is 28.1 Å². The van der Waals surface area contributed by atoms with Crippen LogP contribution in [0.25, 0.3) is 0 Å². The van der Waals surface area contributed by atoms with Gasteiger partial charge in [0.15, 0.2) is 12.0 Å². The minimum atomic E-state index is -1.39. The zero-order valence-corrected chi connectivity index (χ0v) is 23.9. The average molecular weight is 618 g/mol. The second-order valence-corrected chi connectivity index (χ2v) is 10.5. The van der Waals surface area contributed by atoms with Crippen molar-refractivity contribution in [1.82, 2.24) is 25.8 Å². The number of aliphatic carboxylic acids is 1. The highest BCUT2D eigenvalue weighted by molar-refractivity contribution is 6.40. The van der Waals surface area contributed by atoms with Crippen molar-refractivity contribution in [1.29, 1.82) is 5.26 Å². The molecule has 1 unspecified atom stereocenters. The summed E-state index contributed by atoms with van der Waals surface area (Å²) in [4.78, 5) is 45.5. The van der Waals surface area contributed by atoms with Gasteiger partial charge in [0.2, 0.25) is 5.88 Å². The van der Waals surface area contributed by atoms with E-state index >= 15 is 0 Å². The van der Waals surface area contributed by atoms with Gasteiger partial charge in [0.25, 0.3) is 11.8 Å². The Morgan fingerprint density at radius 3 is 2.76 bits per heavy atom. The molecule has 1 aromatic carbocycles. The molecule has 1 saturated heterocycles. The number of nitrogens with zero attached hydrogens (tertiary/aromatic N) is 4. The van der Waals surface area contributed by atoms with Crippen LogP contribution in [0.15, 0.2) is 40.3 Å². The van der Waals surface area contributed by atoms with Gasteiger partial charge in [-0.3, -0.25) is 25.1 Å². The van der Waals surface area contributed by atoms with Gasteiger partial charge in [0.1, 0.15) is 12.3 Å². The number of carboxylic acid groups (broad SMARTS) is 1. The Morgan fingerprint density at radius 2 is 2.10 bits per heavy atom. The van der Waals surface area contributed by atoms with Crippen LogP contribution in [-0.2, 0) is 17.8 Å². The van der Waals surface area contributed by atoms with Crippen molar-refractivity contribution in [2.24, 2.45) is 4.99 Å². The first-order valence-electron chi connectivity index (χ1n) is 13.0. The molecular formula is C27H29Cl2N7O6. The van der Waals surface area contributed by atoms with Crippen LogP contribution in [0.1, 0.15) is 38.5 Å². The summed E-state index contributed by atoms with van der Waals surface area (Å²) in [6, 6.07) is 3.25. The average Bonchev–Trinajstić information content (AvgIpc) is 3.61. The fourth-order valence-corrected chi connectivity index (χ4v) is 5.59. The molecule has 4 rings (SSSR count). The maximum atomic E-state index is 13.2. The quantitative estimate of drug-likeness (QED) is 0.108. The van der Waals surface area contributed by atoms with Crippen LogP contribution in [0.3, 0.4) is 0 Å². The first-order chi connectivity index (χ1) is 20.1. The standard InChI is InChI=1S/C27H29Cl2N7O6/c1-2-7-31-21-4-3-20(42-21)25(39)35-9-6-17-15(12-35)10-18(28)22(23(17)29)24(38)34-19(26(40)41)11-32-27(33-14-30)36-8-5-16(37)13-36/h2-4,7,10,16,19,27,32-33,37H,1,5-6,8-9,11-13H2,(H,34,38)(H,40,41)/t16-,19-,27?/m0/s1. The number of β-amino-alcohol motifs (C(OH)–C–C–N with tert-alkyl or cyclic N) is 1. The monoisotopic (exact) mass is 617 g/mol. The van der Waals surface area contributed by atoms with E-state index in [0.717, 1.165) is 0 Å². The van der Waals surface area contributed by atoms with Gasteiger partial charge in [-0.2, -0.15) is 5.26 Å². The molecule has 42 heavy (non-hydrogen) atoms. The third-order valence-electron chi connectivity index (χ3n) is 6.91. The zero-order chi connectivity index (χ0) is 30.4. The van der Waals surface area contributed by atoms with E-state index in [2.05, 4.69) is 27.5 Å². The van der Waals surface area contributed by atoms with Gasteiger partial charge in [-0.25, -0.2) is 9.79 Å². The van der Waals surface area contributed by atoms with E-state index in [4.69, 9.17) is 32.9 Å². The SMILES string of the molecule is C=CC=Nc1ccc(C(=O)N2CCc3c(cc(Cl)c(C(=O)N[C@@H](CNC(NC#N)N4CC[C@H](O)C4)C(=O)O)c3Cl)C2)o1. The second kappa shape index (κ2) is 13.8. The number of carbonyl (C=O) groups excluding carboxylic acids is 2. The van der Waals surface area contributed by atoms with E-state index < -0.39 is 30.3 Å². The lowest BCUT2D eigenvalue weighted by atomic mass is 9.96. The summed E-state index contributed by atoms with van der Waals surface area (Å²) in [5.41, 5.74) is 1.20. The summed E-state index contributed by atoms with van der Waals surface area (Å²) in [6.07, 6.45) is 4.29. The summed E-state index contributed by atoms with van der Waals surface area (Å²) in [6.45, 7) is 4.55.